The lowest BCUT2D eigenvalue weighted by Gasteiger charge is -2.34. The molecule has 0 spiro atoms. The van der Waals surface area contributed by atoms with E-state index >= 15 is 0 Å². The van der Waals surface area contributed by atoms with Gasteiger partial charge in [-0.15, -0.1) is 11.8 Å². The lowest BCUT2D eigenvalue weighted by atomic mass is 9.82. The van der Waals surface area contributed by atoms with Gasteiger partial charge in [-0.05, 0) is 43.0 Å². The van der Waals surface area contributed by atoms with Crippen LogP contribution in [0.5, 0.6) is 0 Å². The topological polar surface area (TPSA) is 40.5 Å². The van der Waals surface area contributed by atoms with Crippen LogP contribution in [0.25, 0.3) is 0 Å². The highest BCUT2D eigenvalue weighted by atomic mass is 35.5. The van der Waals surface area contributed by atoms with Gasteiger partial charge < -0.3 is 10.0 Å². The number of hydrogen-bond donors (Lipinski definition) is 1. The summed E-state index contributed by atoms with van der Waals surface area (Å²) in [6.45, 7) is 0.765. The van der Waals surface area contributed by atoms with Gasteiger partial charge in [0.05, 0.1) is 6.10 Å². The highest BCUT2D eigenvalue weighted by Crippen LogP contribution is 2.28. The summed E-state index contributed by atoms with van der Waals surface area (Å²) < 4.78 is 0. The van der Waals surface area contributed by atoms with Gasteiger partial charge in [0.15, 0.2) is 0 Å². The van der Waals surface area contributed by atoms with Crippen molar-refractivity contribution in [1.29, 1.82) is 0 Å². The number of nitrogens with zero attached hydrogens (tertiary/aromatic N) is 1. The first kappa shape index (κ1) is 15.7. The van der Waals surface area contributed by atoms with Crippen LogP contribution in [0.3, 0.4) is 0 Å². The third-order valence-electron chi connectivity index (χ3n) is 3.57. The Kier molecular flexibility index (Phi) is 5.75. The average Bonchev–Trinajstić information content (AvgIpc) is 2.39. The number of amides is 1. The number of carbonyl (C=O) groups is 1. The fourth-order valence-electron chi connectivity index (χ4n) is 2.32. The summed E-state index contributed by atoms with van der Waals surface area (Å²) >= 11 is 7.50. The number of benzene rings is 1. The van der Waals surface area contributed by atoms with Gasteiger partial charge in [0.1, 0.15) is 0 Å². The third kappa shape index (κ3) is 4.69. The van der Waals surface area contributed by atoms with Gasteiger partial charge in [0.25, 0.3) is 0 Å². The summed E-state index contributed by atoms with van der Waals surface area (Å²) in [4.78, 5) is 14.9. The Bertz CT molecular complexity index is 446. The summed E-state index contributed by atoms with van der Waals surface area (Å²) in [6.07, 6.45) is 2.05. The normalized spacial score (nSPS) is 21.4. The number of carbonyl (C=O) groups excluding carboxylic acids is 1. The Morgan fingerprint density at radius 1 is 1.40 bits per heavy atom. The number of aliphatic hydroxyl groups excluding tert-OH is 1. The molecule has 1 aliphatic carbocycles. The van der Waals surface area contributed by atoms with E-state index in [1.807, 2.05) is 31.3 Å². The van der Waals surface area contributed by atoms with E-state index in [0.717, 1.165) is 35.1 Å². The zero-order valence-electron chi connectivity index (χ0n) is 11.6. The quantitative estimate of drug-likeness (QED) is 0.821. The third-order valence-corrected chi connectivity index (χ3v) is 4.83. The molecule has 1 fully saturated rings. The minimum absolute atomic E-state index is 0.149. The SMILES string of the molecule is CN(CC1CC(O)C1)C(=O)CCSc1ccc(Cl)cc1. The van der Waals surface area contributed by atoms with Gasteiger partial charge in [-0.2, -0.15) is 0 Å². The van der Waals surface area contributed by atoms with Gasteiger partial charge in [-0.25, -0.2) is 0 Å². The number of thioether (sulfide) groups is 1. The average molecular weight is 314 g/mol. The maximum Gasteiger partial charge on any atom is 0.223 e. The molecule has 0 heterocycles. The first-order valence-electron chi connectivity index (χ1n) is 6.85. The Balaban J connectivity index is 1.65. The van der Waals surface area contributed by atoms with Gasteiger partial charge in [-0.1, -0.05) is 11.6 Å². The molecule has 1 aliphatic rings. The van der Waals surface area contributed by atoms with Crippen LogP contribution >= 0.6 is 23.4 Å². The van der Waals surface area contributed by atoms with Crippen molar-refractivity contribution < 1.29 is 9.90 Å². The fraction of sp³-hybridized carbons (Fsp3) is 0.533. The Morgan fingerprint density at radius 3 is 2.65 bits per heavy atom. The van der Waals surface area contributed by atoms with Crippen LogP contribution in [0, 0.1) is 5.92 Å². The fourth-order valence-corrected chi connectivity index (χ4v) is 3.28. The van der Waals surface area contributed by atoms with Crippen molar-refractivity contribution in [3.8, 4) is 0 Å². The molecular formula is C15H20ClNO2S. The predicted octanol–water partition coefficient (Wildman–Crippen LogP) is 3.05. The monoisotopic (exact) mass is 313 g/mol. The lowest BCUT2D eigenvalue weighted by Crippen LogP contribution is -2.39. The van der Waals surface area contributed by atoms with Crippen LogP contribution < -0.4 is 0 Å². The zero-order valence-corrected chi connectivity index (χ0v) is 13.2. The summed E-state index contributed by atoms with van der Waals surface area (Å²) in [6, 6.07) is 7.66. The van der Waals surface area contributed by atoms with Crippen molar-refractivity contribution in [3.63, 3.8) is 0 Å². The van der Waals surface area contributed by atoms with Crippen LogP contribution in [-0.4, -0.2) is 41.4 Å². The van der Waals surface area contributed by atoms with E-state index in [1.165, 1.54) is 0 Å². The molecule has 0 bridgehead atoms. The molecule has 0 unspecified atom stereocenters. The molecule has 2 rings (SSSR count). The van der Waals surface area contributed by atoms with E-state index in [0.29, 0.717) is 12.3 Å². The molecule has 3 nitrogen and oxygen atoms in total. The number of halogens is 1. The van der Waals surface area contributed by atoms with E-state index in [2.05, 4.69) is 0 Å². The molecule has 1 saturated carbocycles. The molecular weight excluding hydrogens is 294 g/mol. The van der Waals surface area contributed by atoms with E-state index < -0.39 is 0 Å². The molecule has 1 N–H and O–H groups in total. The number of rotatable bonds is 6. The van der Waals surface area contributed by atoms with Crippen molar-refractivity contribution in [1.82, 2.24) is 4.90 Å². The second-order valence-corrected chi connectivity index (χ2v) is 6.92. The van der Waals surface area contributed by atoms with E-state index in [-0.39, 0.29) is 12.0 Å². The molecule has 110 valence electrons. The lowest BCUT2D eigenvalue weighted by molar-refractivity contribution is -0.131. The van der Waals surface area contributed by atoms with Crippen molar-refractivity contribution in [2.24, 2.45) is 5.92 Å². The summed E-state index contributed by atoms with van der Waals surface area (Å²) in [5, 5.41) is 9.97. The molecule has 0 aliphatic heterocycles. The highest BCUT2D eigenvalue weighted by molar-refractivity contribution is 7.99. The Morgan fingerprint density at radius 2 is 2.05 bits per heavy atom. The molecule has 0 atom stereocenters. The van der Waals surface area contributed by atoms with Gasteiger partial charge in [0, 0.05) is 35.7 Å². The highest BCUT2D eigenvalue weighted by Gasteiger charge is 2.28. The minimum Gasteiger partial charge on any atom is -0.393 e. The van der Waals surface area contributed by atoms with E-state index in [4.69, 9.17) is 11.6 Å². The first-order valence-corrected chi connectivity index (χ1v) is 8.21. The Hall–Kier alpha value is -0.710. The second kappa shape index (κ2) is 7.34. The van der Waals surface area contributed by atoms with Gasteiger partial charge in [0.2, 0.25) is 5.91 Å². The van der Waals surface area contributed by atoms with Crippen LogP contribution in [-0.2, 0) is 4.79 Å². The molecule has 0 radical (unpaired) electrons. The standard InChI is InChI=1S/C15H20ClNO2S/c1-17(10-11-8-13(18)9-11)15(19)6-7-20-14-4-2-12(16)3-5-14/h2-5,11,13,18H,6-10H2,1H3. The summed E-state index contributed by atoms with van der Waals surface area (Å²) in [7, 11) is 1.85. The maximum atomic E-state index is 12.0. The van der Waals surface area contributed by atoms with Crippen molar-refractivity contribution >= 4 is 29.3 Å². The molecule has 5 heteroatoms. The van der Waals surface area contributed by atoms with Crippen molar-refractivity contribution in [3.05, 3.63) is 29.3 Å². The first-order chi connectivity index (χ1) is 9.54. The number of aliphatic hydroxyl groups is 1. The molecule has 0 aromatic heterocycles. The number of hydrogen-bond acceptors (Lipinski definition) is 3. The van der Waals surface area contributed by atoms with Gasteiger partial charge >= 0.3 is 0 Å². The largest absolute Gasteiger partial charge is 0.393 e. The molecule has 20 heavy (non-hydrogen) atoms. The van der Waals surface area contributed by atoms with E-state index in [9.17, 15) is 9.90 Å². The molecule has 1 amide bonds. The van der Waals surface area contributed by atoms with Crippen molar-refractivity contribution in [2.45, 2.75) is 30.3 Å². The minimum atomic E-state index is -0.149. The van der Waals surface area contributed by atoms with E-state index in [1.54, 1.807) is 16.7 Å². The summed E-state index contributed by atoms with van der Waals surface area (Å²) in [5.74, 6) is 1.42. The summed E-state index contributed by atoms with van der Waals surface area (Å²) in [5.41, 5.74) is 0. The second-order valence-electron chi connectivity index (χ2n) is 5.32. The smallest absolute Gasteiger partial charge is 0.223 e. The maximum absolute atomic E-state index is 12.0. The van der Waals surface area contributed by atoms with Crippen LogP contribution in [0.2, 0.25) is 5.02 Å². The predicted molar refractivity (Wildman–Crippen MR) is 83.2 cm³/mol. The van der Waals surface area contributed by atoms with Crippen LogP contribution in [0.4, 0.5) is 0 Å². The van der Waals surface area contributed by atoms with Crippen LogP contribution in [0.15, 0.2) is 29.2 Å². The zero-order chi connectivity index (χ0) is 14.5. The molecule has 0 saturated heterocycles. The molecule has 1 aromatic carbocycles. The van der Waals surface area contributed by atoms with Gasteiger partial charge in [-0.3, -0.25) is 4.79 Å². The van der Waals surface area contributed by atoms with Crippen molar-refractivity contribution in [2.75, 3.05) is 19.3 Å². The molecule has 1 aromatic rings. The Labute approximate surface area is 129 Å². The van der Waals surface area contributed by atoms with Crippen LogP contribution in [0.1, 0.15) is 19.3 Å².